The summed E-state index contributed by atoms with van der Waals surface area (Å²) in [5.41, 5.74) is 4.11. The lowest BCUT2D eigenvalue weighted by molar-refractivity contribution is 0.712. The molecule has 0 saturated carbocycles. The molecule has 1 heterocycles. The van der Waals surface area contributed by atoms with E-state index in [1.165, 1.54) is 5.56 Å². The predicted molar refractivity (Wildman–Crippen MR) is 85.8 cm³/mol. The number of hydrogen-bond donors (Lipinski definition) is 1. The lowest BCUT2D eigenvalue weighted by Gasteiger charge is -2.11. The summed E-state index contributed by atoms with van der Waals surface area (Å²) in [7, 11) is 1.94. The Labute approximate surface area is 129 Å². The Bertz CT molecular complexity index is 618. The number of anilines is 1. The van der Waals surface area contributed by atoms with Gasteiger partial charge in [0, 0.05) is 30.4 Å². The second kappa shape index (κ2) is 6.06. The highest BCUT2D eigenvalue weighted by Crippen LogP contribution is 2.29. The highest BCUT2D eigenvalue weighted by molar-refractivity contribution is 6.35. The van der Waals surface area contributed by atoms with Crippen LogP contribution in [0.4, 0.5) is 5.69 Å². The van der Waals surface area contributed by atoms with Gasteiger partial charge in [-0.25, -0.2) is 0 Å². The fourth-order valence-electron chi connectivity index (χ4n) is 2.15. The first kappa shape index (κ1) is 15.2. The van der Waals surface area contributed by atoms with Crippen LogP contribution in [0.2, 0.25) is 10.0 Å². The third-order valence-corrected chi connectivity index (χ3v) is 3.92. The Morgan fingerprint density at radius 1 is 1.25 bits per heavy atom. The van der Waals surface area contributed by atoms with E-state index in [-0.39, 0.29) is 0 Å². The maximum Gasteiger partial charge on any atom is 0.0699 e. The molecule has 0 unspecified atom stereocenters. The van der Waals surface area contributed by atoms with E-state index in [1.54, 1.807) is 0 Å². The van der Waals surface area contributed by atoms with Gasteiger partial charge in [-0.1, -0.05) is 37.0 Å². The lowest BCUT2D eigenvalue weighted by Crippen LogP contribution is -2.03. The third-order valence-electron chi connectivity index (χ3n) is 3.20. The SMILES string of the molecule is Cc1cc(Cl)c(NCc2cn(C)nc2C(C)C)cc1Cl. The molecular weight excluding hydrogens is 293 g/mol. The number of nitrogens with zero attached hydrogens (tertiary/aromatic N) is 2. The largest absolute Gasteiger partial charge is 0.380 e. The van der Waals surface area contributed by atoms with Crippen LogP contribution in [-0.2, 0) is 13.6 Å². The molecule has 0 aliphatic heterocycles. The van der Waals surface area contributed by atoms with E-state index < -0.39 is 0 Å². The van der Waals surface area contributed by atoms with Gasteiger partial charge in [0.15, 0.2) is 0 Å². The molecule has 1 aromatic carbocycles. The molecule has 0 atom stereocenters. The quantitative estimate of drug-likeness (QED) is 0.881. The molecule has 0 radical (unpaired) electrons. The standard InChI is InChI=1S/C15H19Cl2N3/c1-9(2)15-11(8-20(4)19-15)7-18-14-6-12(16)10(3)5-13(14)17/h5-6,8-9,18H,7H2,1-4H3. The van der Waals surface area contributed by atoms with Gasteiger partial charge in [0.2, 0.25) is 0 Å². The molecule has 2 aromatic rings. The Morgan fingerprint density at radius 2 is 1.95 bits per heavy atom. The van der Waals surface area contributed by atoms with Crippen molar-refractivity contribution in [2.45, 2.75) is 33.2 Å². The summed E-state index contributed by atoms with van der Waals surface area (Å²) in [6.45, 7) is 6.90. The Balaban J connectivity index is 2.19. The van der Waals surface area contributed by atoms with Crippen molar-refractivity contribution in [1.82, 2.24) is 9.78 Å². The van der Waals surface area contributed by atoms with Gasteiger partial charge in [-0.3, -0.25) is 4.68 Å². The van der Waals surface area contributed by atoms with Crippen LogP contribution < -0.4 is 5.32 Å². The maximum atomic E-state index is 6.23. The zero-order valence-corrected chi connectivity index (χ0v) is 13.7. The number of aryl methyl sites for hydroxylation is 2. The van der Waals surface area contributed by atoms with Gasteiger partial charge >= 0.3 is 0 Å². The molecular formula is C15H19Cl2N3. The first-order valence-electron chi connectivity index (χ1n) is 6.60. The summed E-state index contributed by atoms with van der Waals surface area (Å²) in [6, 6.07) is 3.74. The van der Waals surface area contributed by atoms with Crippen molar-refractivity contribution in [3.05, 3.63) is 45.2 Å². The summed E-state index contributed by atoms with van der Waals surface area (Å²) in [5, 5.41) is 9.23. The van der Waals surface area contributed by atoms with Gasteiger partial charge in [-0.05, 0) is 30.5 Å². The number of hydrogen-bond acceptors (Lipinski definition) is 2. The molecule has 20 heavy (non-hydrogen) atoms. The molecule has 0 amide bonds. The van der Waals surface area contributed by atoms with Crippen LogP contribution in [0.1, 0.15) is 36.6 Å². The van der Waals surface area contributed by atoms with Crippen LogP contribution in [0, 0.1) is 6.92 Å². The molecule has 0 aliphatic rings. The van der Waals surface area contributed by atoms with E-state index >= 15 is 0 Å². The minimum atomic E-state index is 0.394. The summed E-state index contributed by atoms with van der Waals surface area (Å²) < 4.78 is 1.84. The first-order valence-corrected chi connectivity index (χ1v) is 7.36. The van der Waals surface area contributed by atoms with Crippen molar-refractivity contribution >= 4 is 28.9 Å². The van der Waals surface area contributed by atoms with Crippen molar-refractivity contribution < 1.29 is 0 Å². The molecule has 5 heteroatoms. The molecule has 1 aromatic heterocycles. The summed E-state index contributed by atoms with van der Waals surface area (Å²) in [5.74, 6) is 0.394. The average molecular weight is 312 g/mol. The van der Waals surface area contributed by atoms with Gasteiger partial charge in [-0.15, -0.1) is 0 Å². The molecule has 108 valence electrons. The van der Waals surface area contributed by atoms with E-state index in [1.807, 2.05) is 37.0 Å². The molecule has 0 saturated heterocycles. The van der Waals surface area contributed by atoms with Crippen LogP contribution in [0.15, 0.2) is 18.3 Å². The minimum Gasteiger partial charge on any atom is -0.380 e. The highest BCUT2D eigenvalue weighted by Gasteiger charge is 2.12. The summed E-state index contributed by atoms with van der Waals surface area (Å²) >= 11 is 12.4. The molecule has 3 nitrogen and oxygen atoms in total. The number of aromatic nitrogens is 2. The van der Waals surface area contributed by atoms with Crippen LogP contribution in [-0.4, -0.2) is 9.78 Å². The second-order valence-electron chi connectivity index (χ2n) is 5.30. The molecule has 0 aliphatic carbocycles. The fourth-order valence-corrected chi connectivity index (χ4v) is 2.60. The molecule has 0 bridgehead atoms. The normalized spacial score (nSPS) is 11.2. The van der Waals surface area contributed by atoms with Crippen molar-refractivity contribution in [2.75, 3.05) is 5.32 Å². The van der Waals surface area contributed by atoms with Gasteiger partial charge in [0.1, 0.15) is 0 Å². The van der Waals surface area contributed by atoms with Crippen molar-refractivity contribution in [1.29, 1.82) is 0 Å². The van der Waals surface area contributed by atoms with Crippen LogP contribution >= 0.6 is 23.2 Å². The van der Waals surface area contributed by atoms with E-state index in [4.69, 9.17) is 23.2 Å². The molecule has 2 rings (SSSR count). The van der Waals surface area contributed by atoms with E-state index in [2.05, 4.69) is 24.3 Å². The second-order valence-corrected chi connectivity index (χ2v) is 6.12. The van der Waals surface area contributed by atoms with Crippen molar-refractivity contribution in [2.24, 2.45) is 7.05 Å². The number of halogens is 2. The zero-order valence-electron chi connectivity index (χ0n) is 12.2. The van der Waals surface area contributed by atoms with Crippen LogP contribution in [0.3, 0.4) is 0 Å². The summed E-state index contributed by atoms with van der Waals surface area (Å²) in [6.07, 6.45) is 2.03. The smallest absolute Gasteiger partial charge is 0.0699 e. The minimum absolute atomic E-state index is 0.394. The van der Waals surface area contributed by atoms with E-state index in [0.29, 0.717) is 22.5 Å². The number of benzene rings is 1. The number of nitrogens with one attached hydrogen (secondary N) is 1. The zero-order chi connectivity index (χ0) is 14.9. The van der Waals surface area contributed by atoms with E-state index in [0.717, 1.165) is 16.9 Å². The topological polar surface area (TPSA) is 29.9 Å². The molecule has 0 spiro atoms. The van der Waals surface area contributed by atoms with Gasteiger partial charge in [0.05, 0.1) is 16.4 Å². The van der Waals surface area contributed by atoms with Gasteiger partial charge in [-0.2, -0.15) is 5.10 Å². The van der Waals surface area contributed by atoms with Crippen LogP contribution in [0.5, 0.6) is 0 Å². The van der Waals surface area contributed by atoms with Gasteiger partial charge in [0.25, 0.3) is 0 Å². The van der Waals surface area contributed by atoms with Crippen molar-refractivity contribution in [3.8, 4) is 0 Å². The Kier molecular flexibility index (Phi) is 4.61. The van der Waals surface area contributed by atoms with E-state index in [9.17, 15) is 0 Å². The lowest BCUT2D eigenvalue weighted by atomic mass is 10.1. The third kappa shape index (κ3) is 3.28. The predicted octanol–water partition coefficient (Wildman–Crippen LogP) is 4.77. The first-order chi connectivity index (χ1) is 9.38. The number of rotatable bonds is 4. The van der Waals surface area contributed by atoms with Crippen molar-refractivity contribution in [3.63, 3.8) is 0 Å². The molecule has 1 N–H and O–H groups in total. The average Bonchev–Trinajstić information content (AvgIpc) is 2.74. The monoisotopic (exact) mass is 311 g/mol. The Hall–Kier alpha value is -1.19. The highest BCUT2D eigenvalue weighted by atomic mass is 35.5. The summed E-state index contributed by atoms with van der Waals surface area (Å²) in [4.78, 5) is 0. The van der Waals surface area contributed by atoms with Crippen LogP contribution in [0.25, 0.3) is 0 Å². The Morgan fingerprint density at radius 3 is 2.60 bits per heavy atom. The fraction of sp³-hybridized carbons (Fsp3) is 0.400. The van der Waals surface area contributed by atoms with Gasteiger partial charge < -0.3 is 5.32 Å². The maximum absolute atomic E-state index is 6.23. The molecule has 0 fully saturated rings.